The third-order valence-corrected chi connectivity index (χ3v) is 3.88. The first-order valence-corrected chi connectivity index (χ1v) is 7.33. The summed E-state index contributed by atoms with van der Waals surface area (Å²) in [5.41, 5.74) is -6.40. The Hall–Kier alpha value is -0.760. The minimum atomic E-state index is -5.56. The van der Waals surface area contributed by atoms with Crippen LogP contribution in [0.15, 0.2) is 12.1 Å². The number of halogens is 3. The largest absolute Gasteiger partial charge is 1.00 e. The summed E-state index contributed by atoms with van der Waals surface area (Å²) in [6.45, 7) is 10.1. The van der Waals surface area contributed by atoms with E-state index in [0.717, 1.165) is 6.07 Å². The maximum Gasteiger partial charge on any atom is 1.00 e. The van der Waals surface area contributed by atoms with E-state index in [1.165, 1.54) is 6.07 Å². The Bertz CT molecular complexity index is 658. The summed E-state index contributed by atoms with van der Waals surface area (Å²) in [4.78, 5) is 11.2. The number of carbonyl (C=O) groups is 1. The summed E-state index contributed by atoms with van der Waals surface area (Å²) in [5.74, 6) is -3.64. The average molecular weight is 370 g/mol. The Morgan fingerprint density at radius 3 is 1.64 bits per heavy atom. The molecule has 1 aromatic rings. The SMILES string of the molecule is CC(C)(C)c1cc(C(C)(C)C)c(O)c(C(O)(C(=O)[O-])C(F)(F)F)c1.[Na+]. The first-order chi connectivity index (χ1) is 10.4. The van der Waals surface area contributed by atoms with Crippen molar-refractivity contribution < 1.29 is 62.8 Å². The fraction of sp³-hybridized carbons (Fsp3) is 0.588. The summed E-state index contributed by atoms with van der Waals surface area (Å²) >= 11 is 0. The van der Waals surface area contributed by atoms with E-state index < -0.39 is 39.9 Å². The second-order valence-electron chi connectivity index (χ2n) is 7.92. The van der Waals surface area contributed by atoms with Crippen LogP contribution < -0.4 is 34.7 Å². The Kier molecular flexibility index (Phi) is 6.88. The van der Waals surface area contributed by atoms with Crippen LogP contribution in [0.1, 0.15) is 58.2 Å². The molecule has 0 aliphatic heterocycles. The number of aliphatic carboxylic acids is 1. The molecule has 1 unspecified atom stereocenters. The first-order valence-electron chi connectivity index (χ1n) is 7.33. The molecule has 0 amide bonds. The van der Waals surface area contributed by atoms with E-state index in [1.54, 1.807) is 41.5 Å². The molecule has 1 aromatic carbocycles. The molecule has 0 fully saturated rings. The number of aliphatic hydroxyl groups is 1. The summed E-state index contributed by atoms with van der Waals surface area (Å²) < 4.78 is 39.9. The number of phenols is 1. The molecule has 2 N–H and O–H groups in total. The Balaban J connectivity index is 0.00000576. The van der Waals surface area contributed by atoms with Gasteiger partial charge in [0.05, 0.1) is 5.97 Å². The standard InChI is InChI=1S/C17H23F3O4.Na/c1-14(2,3)9-7-10(15(4,5)6)12(21)11(8-9)16(24,13(22)23)17(18,19)20;/h7-8,21,24H,1-6H3,(H,22,23);/q;+1/p-1. The summed E-state index contributed by atoms with van der Waals surface area (Å²) in [7, 11) is 0. The molecule has 0 saturated carbocycles. The van der Waals surface area contributed by atoms with Crippen LogP contribution in [0.4, 0.5) is 13.2 Å². The van der Waals surface area contributed by atoms with E-state index in [-0.39, 0.29) is 35.1 Å². The third kappa shape index (κ3) is 4.51. The van der Waals surface area contributed by atoms with Crippen molar-refractivity contribution in [2.24, 2.45) is 0 Å². The maximum absolute atomic E-state index is 13.3. The zero-order chi connectivity index (χ0) is 19.3. The van der Waals surface area contributed by atoms with Crippen LogP contribution in [0.25, 0.3) is 0 Å². The van der Waals surface area contributed by atoms with Gasteiger partial charge in [0.15, 0.2) is 0 Å². The molecule has 136 valence electrons. The number of alkyl halides is 3. The minimum Gasteiger partial charge on any atom is -0.546 e. The van der Waals surface area contributed by atoms with Crippen molar-refractivity contribution in [1.82, 2.24) is 0 Å². The molecule has 4 nitrogen and oxygen atoms in total. The van der Waals surface area contributed by atoms with Gasteiger partial charge in [-0.1, -0.05) is 47.6 Å². The minimum absolute atomic E-state index is 0. The molecule has 8 heteroatoms. The molecule has 0 bridgehead atoms. The molecule has 0 radical (unpaired) electrons. The third-order valence-electron chi connectivity index (χ3n) is 3.88. The van der Waals surface area contributed by atoms with Gasteiger partial charge in [-0.2, -0.15) is 13.2 Å². The van der Waals surface area contributed by atoms with Crippen LogP contribution in [0.5, 0.6) is 5.75 Å². The van der Waals surface area contributed by atoms with Gasteiger partial charge in [-0.25, -0.2) is 0 Å². The van der Waals surface area contributed by atoms with E-state index in [4.69, 9.17) is 0 Å². The van der Waals surface area contributed by atoms with Crippen molar-refractivity contribution in [1.29, 1.82) is 0 Å². The topological polar surface area (TPSA) is 80.6 Å². The molecular formula is C17H22F3NaO4. The smallest absolute Gasteiger partial charge is 0.546 e. The number of aromatic hydroxyl groups is 1. The van der Waals surface area contributed by atoms with Gasteiger partial charge in [0, 0.05) is 5.56 Å². The molecule has 0 heterocycles. The van der Waals surface area contributed by atoms with Gasteiger partial charge >= 0.3 is 35.7 Å². The monoisotopic (exact) mass is 370 g/mol. The van der Waals surface area contributed by atoms with Crippen LogP contribution in [0, 0.1) is 0 Å². The number of hydrogen-bond acceptors (Lipinski definition) is 4. The fourth-order valence-electron chi connectivity index (χ4n) is 2.29. The van der Waals surface area contributed by atoms with Crippen molar-refractivity contribution in [2.45, 2.75) is 64.1 Å². The second-order valence-corrected chi connectivity index (χ2v) is 7.92. The normalized spacial score (nSPS) is 15.3. The van der Waals surface area contributed by atoms with Crippen LogP contribution in [-0.2, 0) is 21.2 Å². The molecule has 0 aliphatic carbocycles. The van der Waals surface area contributed by atoms with Gasteiger partial charge in [-0.05, 0) is 28.0 Å². The van der Waals surface area contributed by atoms with Crippen molar-refractivity contribution in [3.8, 4) is 5.75 Å². The molecule has 0 spiro atoms. The summed E-state index contributed by atoms with van der Waals surface area (Å²) in [6.07, 6.45) is -5.56. The van der Waals surface area contributed by atoms with Gasteiger partial charge in [0.25, 0.3) is 0 Å². The Morgan fingerprint density at radius 2 is 1.36 bits per heavy atom. The molecule has 0 aliphatic rings. The molecule has 0 aromatic heterocycles. The zero-order valence-corrected chi connectivity index (χ0v) is 17.5. The molecule has 25 heavy (non-hydrogen) atoms. The van der Waals surface area contributed by atoms with E-state index in [9.17, 15) is 33.3 Å². The predicted octanol–water partition coefficient (Wildman–Crippen LogP) is -0.509. The van der Waals surface area contributed by atoms with E-state index in [0.29, 0.717) is 5.56 Å². The molecule has 1 rings (SSSR count). The Labute approximate surface area is 167 Å². The van der Waals surface area contributed by atoms with Gasteiger partial charge < -0.3 is 20.1 Å². The van der Waals surface area contributed by atoms with Crippen LogP contribution >= 0.6 is 0 Å². The number of carbonyl (C=O) groups excluding carboxylic acids is 1. The molecule has 1 atom stereocenters. The van der Waals surface area contributed by atoms with Gasteiger partial charge in [-0.3, -0.25) is 0 Å². The molecule has 0 saturated heterocycles. The van der Waals surface area contributed by atoms with Crippen molar-refractivity contribution in [2.75, 3.05) is 0 Å². The van der Waals surface area contributed by atoms with E-state index in [2.05, 4.69) is 0 Å². The van der Waals surface area contributed by atoms with Crippen molar-refractivity contribution in [3.63, 3.8) is 0 Å². The number of hydrogen-bond donors (Lipinski definition) is 2. The number of rotatable bonds is 2. The second kappa shape index (κ2) is 7.10. The van der Waals surface area contributed by atoms with Crippen LogP contribution in [-0.4, -0.2) is 22.4 Å². The quantitative estimate of drug-likeness (QED) is 0.688. The number of carboxylic acid groups (broad SMARTS) is 1. The van der Waals surface area contributed by atoms with Crippen molar-refractivity contribution in [3.05, 3.63) is 28.8 Å². The van der Waals surface area contributed by atoms with E-state index >= 15 is 0 Å². The maximum atomic E-state index is 13.3. The zero-order valence-electron chi connectivity index (χ0n) is 15.5. The van der Waals surface area contributed by atoms with E-state index in [1.807, 2.05) is 0 Å². The van der Waals surface area contributed by atoms with Crippen LogP contribution in [0.3, 0.4) is 0 Å². The predicted molar refractivity (Wildman–Crippen MR) is 80.5 cm³/mol. The number of carboxylic acids is 1. The summed E-state index contributed by atoms with van der Waals surface area (Å²) in [5, 5.41) is 31.4. The fourth-order valence-corrected chi connectivity index (χ4v) is 2.29. The average Bonchev–Trinajstić information content (AvgIpc) is 2.33. The number of benzene rings is 1. The summed E-state index contributed by atoms with van der Waals surface area (Å²) in [6, 6.07) is 2.39. The number of phenolic OH excluding ortho intramolecular Hbond substituents is 1. The van der Waals surface area contributed by atoms with Gasteiger partial charge in [0.2, 0.25) is 5.60 Å². The molecular weight excluding hydrogens is 348 g/mol. The van der Waals surface area contributed by atoms with Gasteiger partial charge in [-0.15, -0.1) is 0 Å². The first kappa shape index (κ1) is 24.2. The van der Waals surface area contributed by atoms with Gasteiger partial charge in [0.1, 0.15) is 5.75 Å². The Morgan fingerprint density at radius 1 is 0.960 bits per heavy atom. The van der Waals surface area contributed by atoms with Crippen molar-refractivity contribution >= 4 is 5.97 Å². The van der Waals surface area contributed by atoms with Crippen LogP contribution in [0.2, 0.25) is 0 Å².